The minimum atomic E-state index is -2.88. The minimum Gasteiger partial charge on any atom is -0.381 e. The van der Waals surface area contributed by atoms with Gasteiger partial charge in [0.05, 0.1) is 16.4 Å². The maximum Gasteiger partial charge on any atom is 0.265 e. The highest BCUT2D eigenvalue weighted by atomic mass is 32.2. The van der Waals surface area contributed by atoms with E-state index >= 15 is 0 Å². The van der Waals surface area contributed by atoms with Crippen LogP contribution in [-0.4, -0.2) is 31.9 Å². The zero-order chi connectivity index (χ0) is 15.6. The van der Waals surface area contributed by atoms with Gasteiger partial charge in [-0.3, -0.25) is 4.79 Å². The van der Waals surface area contributed by atoms with Crippen LogP contribution in [0, 0.1) is 0 Å². The Hall–Kier alpha value is -1.86. The fraction of sp³-hybridized carbons (Fsp3) is 0.267. The van der Waals surface area contributed by atoms with Crippen LogP contribution in [0.5, 0.6) is 0 Å². The lowest BCUT2D eigenvalue weighted by molar-refractivity contribution is 0.103. The molecule has 0 bridgehead atoms. The summed E-state index contributed by atoms with van der Waals surface area (Å²) in [7, 11) is -2.88. The zero-order valence-electron chi connectivity index (χ0n) is 11.8. The van der Waals surface area contributed by atoms with Crippen molar-refractivity contribution in [2.45, 2.75) is 12.5 Å². The summed E-state index contributed by atoms with van der Waals surface area (Å²) >= 11 is 1.39. The van der Waals surface area contributed by atoms with Crippen LogP contribution in [0.3, 0.4) is 0 Å². The summed E-state index contributed by atoms with van der Waals surface area (Å²) in [5.74, 6) is 0.307. The van der Waals surface area contributed by atoms with Crippen molar-refractivity contribution in [3.63, 3.8) is 0 Å². The van der Waals surface area contributed by atoms with E-state index in [1.807, 2.05) is 23.6 Å². The number of thiophene rings is 1. The van der Waals surface area contributed by atoms with Crippen molar-refractivity contribution in [3.05, 3.63) is 46.7 Å². The molecule has 0 radical (unpaired) electrons. The molecule has 1 aromatic heterocycles. The van der Waals surface area contributed by atoms with E-state index in [4.69, 9.17) is 0 Å². The Kier molecular flexibility index (Phi) is 4.17. The second kappa shape index (κ2) is 6.10. The molecule has 1 aliphatic heterocycles. The molecule has 22 heavy (non-hydrogen) atoms. The quantitative estimate of drug-likeness (QED) is 0.900. The molecule has 2 heterocycles. The van der Waals surface area contributed by atoms with Crippen molar-refractivity contribution in [3.8, 4) is 0 Å². The molecule has 0 aliphatic carbocycles. The summed E-state index contributed by atoms with van der Waals surface area (Å²) in [5, 5.41) is 7.90. The largest absolute Gasteiger partial charge is 0.381 e. The van der Waals surface area contributed by atoms with E-state index in [1.165, 1.54) is 11.3 Å². The number of benzene rings is 1. The first-order valence-electron chi connectivity index (χ1n) is 6.94. The SMILES string of the molecule is O=C(Nc1ccc(NC2CCS(=O)(=O)C2)cc1)c1cccs1. The van der Waals surface area contributed by atoms with Gasteiger partial charge in [-0.1, -0.05) is 6.07 Å². The van der Waals surface area contributed by atoms with Crippen molar-refractivity contribution in [1.29, 1.82) is 0 Å². The van der Waals surface area contributed by atoms with Crippen molar-refractivity contribution in [2.75, 3.05) is 22.1 Å². The number of amides is 1. The molecule has 2 N–H and O–H groups in total. The third-order valence-electron chi connectivity index (χ3n) is 3.49. The van der Waals surface area contributed by atoms with Crippen LogP contribution in [0.4, 0.5) is 11.4 Å². The van der Waals surface area contributed by atoms with E-state index < -0.39 is 9.84 Å². The van der Waals surface area contributed by atoms with Crippen LogP contribution in [0.2, 0.25) is 0 Å². The number of carbonyl (C=O) groups is 1. The summed E-state index contributed by atoms with van der Waals surface area (Å²) < 4.78 is 22.9. The smallest absolute Gasteiger partial charge is 0.265 e. The molecular formula is C15H16N2O3S2. The average Bonchev–Trinajstić information content (AvgIpc) is 3.11. The van der Waals surface area contributed by atoms with Gasteiger partial charge in [0.2, 0.25) is 0 Å². The second-order valence-corrected chi connectivity index (χ2v) is 8.43. The molecule has 1 amide bonds. The van der Waals surface area contributed by atoms with Gasteiger partial charge in [-0.05, 0) is 42.1 Å². The number of hydrogen-bond donors (Lipinski definition) is 2. The number of sulfone groups is 1. The Balaban J connectivity index is 1.60. The molecule has 3 rings (SSSR count). The molecule has 5 nitrogen and oxygen atoms in total. The first-order valence-corrected chi connectivity index (χ1v) is 9.64. The normalized spacial score (nSPS) is 19.7. The lowest BCUT2D eigenvalue weighted by atomic mass is 10.2. The highest BCUT2D eigenvalue weighted by Crippen LogP contribution is 2.20. The van der Waals surface area contributed by atoms with Crippen LogP contribution < -0.4 is 10.6 Å². The molecule has 1 saturated heterocycles. The van der Waals surface area contributed by atoms with Crippen LogP contribution in [0.1, 0.15) is 16.1 Å². The van der Waals surface area contributed by atoms with Crippen LogP contribution >= 0.6 is 11.3 Å². The lowest BCUT2D eigenvalue weighted by Gasteiger charge is -2.13. The average molecular weight is 336 g/mol. The van der Waals surface area contributed by atoms with Gasteiger partial charge in [0.1, 0.15) is 0 Å². The number of anilines is 2. The maximum atomic E-state index is 11.9. The Bertz CT molecular complexity index is 753. The Morgan fingerprint density at radius 2 is 1.86 bits per heavy atom. The Morgan fingerprint density at radius 3 is 2.45 bits per heavy atom. The first kappa shape index (κ1) is 15.1. The predicted octanol–water partition coefficient (Wildman–Crippen LogP) is 2.60. The van der Waals surface area contributed by atoms with E-state index in [2.05, 4.69) is 10.6 Å². The number of rotatable bonds is 4. The molecule has 1 fully saturated rings. The van der Waals surface area contributed by atoms with E-state index in [-0.39, 0.29) is 23.5 Å². The third-order valence-corrected chi connectivity index (χ3v) is 6.13. The summed E-state index contributed by atoms with van der Waals surface area (Å²) in [5.41, 5.74) is 1.57. The number of hydrogen-bond acceptors (Lipinski definition) is 5. The van der Waals surface area contributed by atoms with Gasteiger partial charge in [0, 0.05) is 17.4 Å². The Morgan fingerprint density at radius 1 is 1.14 bits per heavy atom. The number of carbonyl (C=O) groups excluding carboxylic acids is 1. The van der Waals surface area contributed by atoms with Crippen LogP contribution in [0.15, 0.2) is 41.8 Å². The standard InChI is InChI=1S/C15H16N2O3S2/c18-15(14-2-1-8-21-14)17-12-5-3-11(4-6-12)16-13-7-9-22(19,20)10-13/h1-6,8,13,16H,7,9-10H2,(H,17,18). The van der Waals surface area contributed by atoms with Crippen molar-refractivity contribution in [1.82, 2.24) is 0 Å². The summed E-state index contributed by atoms with van der Waals surface area (Å²) in [4.78, 5) is 12.6. The first-order chi connectivity index (χ1) is 10.5. The molecule has 1 atom stereocenters. The minimum absolute atomic E-state index is 0.0310. The summed E-state index contributed by atoms with van der Waals surface area (Å²) in [6, 6.07) is 10.9. The fourth-order valence-corrected chi connectivity index (χ4v) is 4.69. The molecule has 1 unspecified atom stereocenters. The van der Waals surface area contributed by atoms with Gasteiger partial charge in [-0.2, -0.15) is 0 Å². The molecular weight excluding hydrogens is 320 g/mol. The Labute approximate surface area is 133 Å². The van der Waals surface area contributed by atoms with Crippen molar-refractivity contribution in [2.24, 2.45) is 0 Å². The summed E-state index contributed by atoms with van der Waals surface area (Å²) in [6.45, 7) is 0. The van der Waals surface area contributed by atoms with Crippen molar-refractivity contribution >= 4 is 38.5 Å². The van der Waals surface area contributed by atoms with Gasteiger partial charge in [-0.25, -0.2) is 8.42 Å². The van der Waals surface area contributed by atoms with Gasteiger partial charge >= 0.3 is 0 Å². The molecule has 1 aromatic carbocycles. The second-order valence-electron chi connectivity index (χ2n) is 5.25. The molecule has 7 heteroatoms. The zero-order valence-corrected chi connectivity index (χ0v) is 13.4. The van der Waals surface area contributed by atoms with Gasteiger partial charge in [0.15, 0.2) is 9.84 Å². The fourth-order valence-electron chi connectivity index (χ4n) is 2.39. The molecule has 2 aromatic rings. The van der Waals surface area contributed by atoms with Crippen molar-refractivity contribution < 1.29 is 13.2 Å². The van der Waals surface area contributed by atoms with E-state index in [9.17, 15) is 13.2 Å². The van der Waals surface area contributed by atoms with E-state index in [0.717, 1.165) is 5.69 Å². The van der Waals surface area contributed by atoms with Gasteiger partial charge in [-0.15, -0.1) is 11.3 Å². The molecule has 0 saturated carbocycles. The van der Waals surface area contributed by atoms with Gasteiger partial charge in [0.25, 0.3) is 5.91 Å². The molecule has 0 spiro atoms. The van der Waals surface area contributed by atoms with Crippen LogP contribution in [-0.2, 0) is 9.84 Å². The maximum absolute atomic E-state index is 11.9. The van der Waals surface area contributed by atoms with E-state index in [1.54, 1.807) is 18.2 Å². The highest BCUT2D eigenvalue weighted by Gasteiger charge is 2.27. The monoisotopic (exact) mass is 336 g/mol. The lowest BCUT2D eigenvalue weighted by Crippen LogP contribution is -2.20. The van der Waals surface area contributed by atoms with Gasteiger partial charge < -0.3 is 10.6 Å². The highest BCUT2D eigenvalue weighted by molar-refractivity contribution is 7.91. The third kappa shape index (κ3) is 3.66. The molecule has 116 valence electrons. The van der Waals surface area contributed by atoms with E-state index in [0.29, 0.717) is 17.0 Å². The number of nitrogens with one attached hydrogen (secondary N) is 2. The van der Waals surface area contributed by atoms with Crippen LogP contribution in [0.25, 0.3) is 0 Å². The summed E-state index contributed by atoms with van der Waals surface area (Å²) in [6.07, 6.45) is 0.638. The topological polar surface area (TPSA) is 75.3 Å². The predicted molar refractivity (Wildman–Crippen MR) is 89.4 cm³/mol. The molecule has 1 aliphatic rings.